The van der Waals surface area contributed by atoms with Crippen molar-refractivity contribution in [3.05, 3.63) is 0 Å². The van der Waals surface area contributed by atoms with Gasteiger partial charge in [0.1, 0.15) is 5.60 Å². The van der Waals surface area contributed by atoms with Crippen LogP contribution in [0.4, 0.5) is 0 Å². The fourth-order valence-electron chi connectivity index (χ4n) is 3.65. The molecule has 0 aromatic heterocycles. The number of ether oxygens (including phenoxy) is 1. The lowest BCUT2D eigenvalue weighted by Gasteiger charge is -2.32. The molecule has 1 atom stereocenters. The number of rotatable bonds is 2. The summed E-state index contributed by atoms with van der Waals surface area (Å²) in [7, 11) is 0. The Balaban J connectivity index is 1.75. The zero-order valence-corrected chi connectivity index (χ0v) is 11.2. The second kappa shape index (κ2) is 4.56. The Morgan fingerprint density at radius 1 is 1.16 bits per heavy atom. The third-order valence-electron chi connectivity index (χ3n) is 4.84. The summed E-state index contributed by atoms with van der Waals surface area (Å²) >= 11 is 0. The van der Waals surface area contributed by atoms with Gasteiger partial charge in [-0.3, -0.25) is 14.5 Å². The number of likely N-dealkylation sites (tertiary alicyclic amines) is 1. The molecule has 3 fully saturated rings. The predicted octanol–water partition coefficient (Wildman–Crippen LogP) is 0.847. The molecule has 1 saturated carbocycles. The van der Waals surface area contributed by atoms with Gasteiger partial charge >= 0.3 is 0 Å². The number of amides is 2. The van der Waals surface area contributed by atoms with Crippen molar-refractivity contribution in [1.29, 1.82) is 0 Å². The molecule has 106 valence electrons. The summed E-state index contributed by atoms with van der Waals surface area (Å²) in [6.07, 6.45) is 5.69. The van der Waals surface area contributed by atoms with E-state index in [1.165, 1.54) is 4.90 Å². The summed E-state index contributed by atoms with van der Waals surface area (Å²) in [5.41, 5.74) is -1.49. The summed E-state index contributed by atoms with van der Waals surface area (Å²) < 4.78 is 5.18. The summed E-state index contributed by atoms with van der Waals surface area (Å²) in [5, 5.41) is 10.3. The highest BCUT2D eigenvalue weighted by molar-refractivity contribution is 6.06. The van der Waals surface area contributed by atoms with Gasteiger partial charge in [-0.15, -0.1) is 0 Å². The van der Waals surface area contributed by atoms with Crippen LogP contribution < -0.4 is 0 Å². The lowest BCUT2D eigenvalue weighted by Crippen LogP contribution is -2.47. The minimum absolute atomic E-state index is 0.0578. The van der Waals surface area contributed by atoms with E-state index in [1.807, 2.05) is 0 Å². The number of β-amino-alcohol motifs (C(OH)–C–C–N with tert-alkyl or cyclic N) is 1. The van der Waals surface area contributed by atoms with E-state index in [-0.39, 0.29) is 25.0 Å². The van der Waals surface area contributed by atoms with Gasteiger partial charge in [0.15, 0.2) is 0 Å². The van der Waals surface area contributed by atoms with Crippen LogP contribution in [-0.4, -0.2) is 47.2 Å². The van der Waals surface area contributed by atoms with E-state index in [9.17, 15) is 14.7 Å². The summed E-state index contributed by atoms with van der Waals surface area (Å²) in [4.78, 5) is 26.0. The van der Waals surface area contributed by atoms with Crippen LogP contribution in [0.3, 0.4) is 0 Å². The van der Waals surface area contributed by atoms with Gasteiger partial charge < -0.3 is 9.84 Å². The van der Waals surface area contributed by atoms with Gasteiger partial charge in [-0.25, -0.2) is 0 Å². The zero-order chi connectivity index (χ0) is 13.5. The highest BCUT2D eigenvalue weighted by Crippen LogP contribution is 2.45. The molecule has 3 rings (SSSR count). The van der Waals surface area contributed by atoms with Crippen LogP contribution in [0.5, 0.6) is 0 Å². The van der Waals surface area contributed by atoms with E-state index >= 15 is 0 Å². The molecule has 5 heteroatoms. The van der Waals surface area contributed by atoms with Crippen molar-refractivity contribution in [3.63, 3.8) is 0 Å². The van der Waals surface area contributed by atoms with Crippen LogP contribution >= 0.6 is 0 Å². The van der Waals surface area contributed by atoms with E-state index in [0.29, 0.717) is 19.4 Å². The molecule has 2 saturated heterocycles. The normalized spacial score (nSPS) is 34.5. The van der Waals surface area contributed by atoms with E-state index in [1.54, 1.807) is 0 Å². The van der Waals surface area contributed by atoms with Gasteiger partial charge in [0.2, 0.25) is 11.8 Å². The van der Waals surface area contributed by atoms with Gasteiger partial charge in [0.05, 0.1) is 18.6 Å². The second-order valence-electron chi connectivity index (χ2n) is 6.33. The van der Waals surface area contributed by atoms with Crippen molar-refractivity contribution < 1.29 is 19.4 Å². The summed E-state index contributed by atoms with van der Waals surface area (Å²) in [6.45, 7) is 0.821. The molecule has 1 spiro atoms. The summed E-state index contributed by atoms with van der Waals surface area (Å²) in [6, 6.07) is 0. The van der Waals surface area contributed by atoms with Crippen molar-refractivity contribution in [2.24, 2.45) is 5.41 Å². The van der Waals surface area contributed by atoms with E-state index in [0.717, 1.165) is 32.1 Å². The van der Waals surface area contributed by atoms with Crippen molar-refractivity contribution >= 4 is 11.8 Å². The Hall–Kier alpha value is -0.940. The largest absolute Gasteiger partial charge is 0.386 e. The number of nitrogens with zero attached hydrogens (tertiary/aromatic N) is 1. The number of carbonyl (C=O) groups excluding carboxylic acids is 2. The van der Waals surface area contributed by atoms with Crippen LogP contribution in [-0.2, 0) is 14.3 Å². The molecule has 19 heavy (non-hydrogen) atoms. The van der Waals surface area contributed by atoms with Crippen molar-refractivity contribution in [2.45, 2.75) is 50.5 Å². The van der Waals surface area contributed by atoms with Crippen molar-refractivity contribution in [1.82, 2.24) is 4.90 Å². The molecule has 0 aromatic carbocycles. The maximum atomic E-state index is 12.6. The summed E-state index contributed by atoms with van der Waals surface area (Å²) in [5.74, 6) is -0.176. The Morgan fingerprint density at radius 3 is 2.53 bits per heavy atom. The first kappa shape index (κ1) is 13.1. The first-order chi connectivity index (χ1) is 9.05. The fraction of sp³-hybridized carbons (Fsp3) is 0.857. The van der Waals surface area contributed by atoms with Crippen LogP contribution in [0.1, 0.15) is 44.9 Å². The van der Waals surface area contributed by atoms with Crippen LogP contribution in [0.2, 0.25) is 0 Å². The fourth-order valence-corrected chi connectivity index (χ4v) is 3.65. The number of aliphatic hydroxyl groups is 1. The first-order valence-electron chi connectivity index (χ1n) is 7.20. The van der Waals surface area contributed by atoms with Gasteiger partial charge in [0.25, 0.3) is 0 Å². The predicted molar refractivity (Wildman–Crippen MR) is 67.2 cm³/mol. The Kier molecular flexibility index (Phi) is 3.14. The molecule has 2 amide bonds. The third kappa shape index (κ3) is 2.19. The molecule has 0 bridgehead atoms. The Bertz CT molecular complexity index is 394. The maximum absolute atomic E-state index is 12.6. The van der Waals surface area contributed by atoms with Crippen molar-refractivity contribution in [3.8, 4) is 0 Å². The number of carbonyl (C=O) groups is 2. The molecule has 1 aliphatic carbocycles. The van der Waals surface area contributed by atoms with Gasteiger partial charge in [0, 0.05) is 19.4 Å². The Labute approximate surface area is 112 Å². The number of imide groups is 1. The molecule has 1 N–H and O–H groups in total. The standard InChI is InChI=1S/C14H21NO4/c16-11-8-13(4-2-1-3-5-13)12(17)15(11)9-14(18)6-7-19-10-14/h18H,1-10H2. The van der Waals surface area contributed by atoms with Crippen LogP contribution in [0.25, 0.3) is 0 Å². The molecule has 0 radical (unpaired) electrons. The quantitative estimate of drug-likeness (QED) is 0.753. The molecule has 5 nitrogen and oxygen atoms in total. The SMILES string of the molecule is O=C1CC2(CCCCC2)C(=O)N1CC1(O)CCOC1. The molecule has 2 aliphatic heterocycles. The lowest BCUT2D eigenvalue weighted by atomic mass is 9.73. The smallest absolute Gasteiger partial charge is 0.236 e. The van der Waals surface area contributed by atoms with Crippen LogP contribution in [0, 0.1) is 5.41 Å². The second-order valence-corrected chi connectivity index (χ2v) is 6.33. The average Bonchev–Trinajstić information content (AvgIpc) is 2.90. The molecule has 2 heterocycles. The first-order valence-corrected chi connectivity index (χ1v) is 7.20. The van der Waals surface area contributed by atoms with E-state index in [2.05, 4.69) is 0 Å². The maximum Gasteiger partial charge on any atom is 0.236 e. The van der Waals surface area contributed by atoms with Gasteiger partial charge in [-0.05, 0) is 12.8 Å². The minimum Gasteiger partial charge on any atom is -0.386 e. The minimum atomic E-state index is -1.04. The van der Waals surface area contributed by atoms with Gasteiger partial charge in [-0.1, -0.05) is 19.3 Å². The molecular formula is C14H21NO4. The van der Waals surface area contributed by atoms with Gasteiger partial charge in [-0.2, -0.15) is 0 Å². The highest BCUT2D eigenvalue weighted by Gasteiger charge is 2.53. The monoisotopic (exact) mass is 267 g/mol. The van der Waals surface area contributed by atoms with E-state index in [4.69, 9.17) is 4.74 Å². The number of hydrogen-bond acceptors (Lipinski definition) is 4. The molecule has 0 aromatic rings. The number of hydrogen-bond donors (Lipinski definition) is 1. The van der Waals surface area contributed by atoms with Crippen molar-refractivity contribution in [2.75, 3.05) is 19.8 Å². The highest BCUT2D eigenvalue weighted by atomic mass is 16.5. The molecule has 3 aliphatic rings. The third-order valence-corrected chi connectivity index (χ3v) is 4.84. The topological polar surface area (TPSA) is 66.8 Å². The molecular weight excluding hydrogens is 246 g/mol. The Morgan fingerprint density at radius 2 is 1.89 bits per heavy atom. The zero-order valence-electron chi connectivity index (χ0n) is 11.2. The lowest BCUT2D eigenvalue weighted by molar-refractivity contribution is -0.146. The van der Waals surface area contributed by atoms with E-state index < -0.39 is 11.0 Å². The molecule has 1 unspecified atom stereocenters. The average molecular weight is 267 g/mol. The van der Waals surface area contributed by atoms with Crippen LogP contribution in [0.15, 0.2) is 0 Å².